The zero-order valence-corrected chi connectivity index (χ0v) is 21.9. The summed E-state index contributed by atoms with van der Waals surface area (Å²) < 4.78 is 0. The Morgan fingerprint density at radius 2 is 1.82 bits per heavy atom. The zero-order chi connectivity index (χ0) is 23.7. The molecule has 3 heteroatoms. The van der Waals surface area contributed by atoms with E-state index in [4.69, 9.17) is 4.98 Å². The first-order valence-electron chi connectivity index (χ1n) is 14.4. The number of imidazole rings is 1. The van der Waals surface area contributed by atoms with Crippen molar-refractivity contribution in [2.24, 2.45) is 46.3 Å². The van der Waals surface area contributed by atoms with Gasteiger partial charge in [-0.1, -0.05) is 26.8 Å². The summed E-state index contributed by atoms with van der Waals surface area (Å²) in [6.45, 7) is 9.99. The Balaban J connectivity index is 1.15. The second kappa shape index (κ2) is 8.36. The van der Waals surface area contributed by atoms with Gasteiger partial charge in [-0.3, -0.25) is 0 Å². The number of nitrogens with zero attached hydrogens (tertiary/aromatic N) is 1. The molecule has 4 fully saturated rings. The Labute approximate surface area is 206 Å². The van der Waals surface area contributed by atoms with Crippen LogP contribution in [-0.2, 0) is 6.42 Å². The van der Waals surface area contributed by atoms with E-state index in [-0.39, 0.29) is 6.10 Å². The number of aromatic amines is 1. The number of hydrogen-bond donors (Lipinski definition) is 2. The van der Waals surface area contributed by atoms with Crippen LogP contribution in [0.5, 0.6) is 0 Å². The topological polar surface area (TPSA) is 48.9 Å². The maximum absolute atomic E-state index is 10.3. The quantitative estimate of drug-likeness (QED) is 0.495. The summed E-state index contributed by atoms with van der Waals surface area (Å²) in [6, 6.07) is 6.53. The lowest BCUT2D eigenvalue weighted by atomic mass is 9.44. The van der Waals surface area contributed by atoms with Crippen LogP contribution in [0, 0.1) is 53.3 Å². The largest absolute Gasteiger partial charge is 0.393 e. The zero-order valence-electron chi connectivity index (χ0n) is 21.9. The SMILES string of the molecule is Cc1ccc2nc(CC[C@@H](C)[C@H]3CC[C@H]4[C@H]5CC[C@@H]6C[C@@H](O)CC[C@]6(C)[C@@H]5CC[C@]34C)[nH]c2c1. The molecular formula is C31H46N2O. The lowest BCUT2D eigenvalue weighted by Gasteiger charge is -2.61. The average Bonchev–Trinajstić information content (AvgIpc) is 3.37. The van der Waals surface area contributed by atoms with Crippen molar-refractivity contribution in [1.82, 2.24) is 9.97 Å². The number of nitrogens with one attached hydrogen (secondary N) is 1. The minimum absolute atomic E-state index is 0.0315. The molecule has 4 aliphatic rings. The van der Waals surface area contributed by atoms with Gasteiger partial charge in [0.25, 0.3) is 0 Å². The summed E-state index contributed by atoms with van der Waals surface area (Å²) in [4.78, 5) is 8.47. The number of aryl methyl sites for hydroxylation is 2. The molecule has 1 heterocycles. The Hall–Kier alpha value is -1.35. The van der Waals surface area contributed by atoms with Crippen LogP contribution >= 0.6 is 0 Å². The van der Waals surface area contributed by atoms with Crippen molar-refractivity contribution in [3.8, 4) is 0 Å². The van der Waals surface area contributed by atoms with E-state index in [9.17, 15) is 5.11 Å². The van der Waals surface area contributed by atoms with Gasteiger partial charge < -0.3 is 10.1 Å². The molecule has 0 amide bonds. The molecule has 9 atom stereocenters. The summed E-state index contributed by atoms with van der Waals surface area (Å²) in [6.07, 6.45) is 14.2. The van der Waals surface area contributed by atoms with Gasteiger partial charge in [-0.05, 0) is 135 Å². The van der Waals surface area contributed by atoms with Crippen molar-refractivity contribution in [3.63, 3.8) is 0 Å². The fourth-order valence-corrected chi connectivity index (χ4v) is 10.1. The van der Waals surface area contributed by atoms with Gasteiger partial charge in [-0.2, -0.15) is 0 Å². The molecule has 0 unspecified atom stereocenters. The highest BCUT2D eigenvalue weighted by Gasteiger charge is 2.60. The Morgan fingerprint density at radius 1 is 1.03 bits per heavy atom. The first-order valence-corrected chi connectivity index (χ1v) is 14.4. The van der Waals surface area contributed by atoms with Gasteiger partial charge in [-0.25, -0.2) is 4.98 Å². The highest BCUT2D eigenvalue weighted by molar-refractivity contribution is 5.75. The minimum Gasteiger partial charge on any atom is -0.393 e. The predicted molar refractivity (Wildman–Crippen MR) is 140 cm³/mol. The van der Waals surface area contributed by atoms with E-state index in [2.05, 4.69) is 50.9 Å². The summed E-state index contributed by atoms with van der Waals surface area (Å²) in [5, 5.41) is 10.3. The summed E-state index contributed by atoms with van der Waals surface area (Å²) >= 11 is 0. The van der Waals surface area contributed by atoms with Gasteiger partial charge in [0.1, 0.15) is 5.82 Å². The summed E-state index contributed by atoms with van der Waals surface area (Å²) in [5.74, 6) is 6.34. The predicted octanol–water partition coefficient (Wildman–Crippen LogP) is 7.46. The number of aliphatic hydroxyl groups excluding tert-OH is 1. The van der Waals surface area contributed by atoms with E-state index in [1.54, 1.807) is 0 Å². The standard InChI is InChI=1S/C31H46N2O/c1-19-5-11-27-28(17-19)33-29(32-27)12-6-20(2)24-9-10-25-23-8-7-21-18-22(34)13-15-30(21,3)26(23)14-16-31(24,25)4/h5,11,17,20-26,34H,6-10,12-16,18H2,1-4H3,(H,32,33)/t20-,21-,22+,23-,24-,25+,26-,30+,31-/m1/s1. The molecule has 4 aliphatic carbocycles. The second-order valence-corrected chi connectivity index (χ2v) is 13.5. The van der Waals surface area contributed by atoms with Crippen LogP contribution in [-0.4, -0.2) is 21.2 Å². The molecular weight excluding hydrogens is 416 g/mol. The van der Waals surface area contributed by atoms with Crippen molar-refractivity contribution in [2.75, 3.05) is 0 Å². The van der Waals surface area contributed by atoms with Crippen LogP contribution in [0.25, 0.3) is 11.0 Å². The Bertz CT molecular complexity index is 1040. The van der Waals surface area contributed by atoms with E-state index >= 15 is 0 Å². The fourth-order valence-electron chi connectivity index (χ4n) is 10.1. The normalized spacial score (nSPS) is 42.7. The molecule has 34 heavy (non-hydrogen) atoms. The molecule has 6 rings (SSSR count). The van der Waals surface area contributed by atoms with E-state index in [1.165, 1.54) is 68.3 Å². The van der Waals surface area contributed by atoms with E-state index in [0.717, 1.165) is 60.3 Å². The van der Waals surface area contributed by atoms with Crippen molar-refractivity contribution in [3.05, 3.63) is 29.6 Å². The minimum atomic E-state index is -0.0315. The molecule has 0 bridgehead atoms. The van der Waals surface area contributed by atoms with Gasteiger partial charge in [0.05, 0.1) is 17.1 Å². The molecule has 0 saturated heterocycles. The van der Waals surface area contributed by atoms with Crippen molar-refractivity contribution < 1.29 is 5.11 Å². The van der Waals surface area contributed by atoms with Gasteiger partial charge in [0.15, 0.2) is 0 Å². The molecule has 4 saturated carbocycles. The fraction of sp³-hybridized carbons (Fsp3) is 0.774. The second-order valence-electron chi connectivity index (χ2n) is 13.5. The number of aromatic nitrogens is 2. The van der Waals surface area contributed by atoms with Gasteiger partial charge in [0.2, 0.25) is 0 Å². The van der Waals surface area contributed by atoms with Crippen LogP contribution in [0.2, 0.25) is 0 Å². The lowest BCUT2D eigenvalue weighted by Crippen LogP contribution is -2.54. The lowest BCUT2D eigenvalue weighted by molar-refractivity contribution is -0.129. The third kappa shape index (κ3) is 3.59. The molecule has 0 spiro atoms. The highest BCUT2D eigenvalue weighted by atomic mass is 16.3. The Kier molecular flexibility index (Phi) is 5.67. The van der Waals surface area contributed by atoms with E-state index in [1.807, 2.05) is 0 Å². The average molecular weight is 463 g/mol. The molecule has 2 aromatic rings. The monoisotopic (exact) mass is 462 g/mol. The van der Waals surface area contributed by atoms with E-state index in [0.29, 0.717) is 10.8 Å². The van der Waals surface area contributed by atoms with Crippen LogP contribution in [0.1, 0.15) is 96.4 Å². The number of hydrogen-bond acceptors (Lipinski definition) is 2. The van der Waals surface area contributed by atoms with Crippen molar-refractivity contribution >= 4 is 11.0 Å². The van der Waals surface area contributed by atoms with Gasteiger partial charge >= 0.3 is 0 Å². The van der Waals surface area contributed by atoms with Gasteiger partial charge in [-0.15, -0.1) is 0 Å². The van der Waals surface area contributed by atoms with Gasteiger partial charge in [0, 0.05) is 6.42 Å². The number of H-pyrrole nitrogens is 1. The van der Waals surface area contributed by atoms with Crippen molar-refractivity contribution in [2.45, 2.75) is 104 Å². The van der Waals surface area contributed by atoms with Crippen LogP contribution in [0.4, 0.5) is 0 Å². The summed E-state index contributed by atoms with van der Waals surface area (Å²) in [7, 11) is 0. The number of benzene rings is 1. The molecule has 1 aromatic carbocycles. The first kappa shape index (κ1) is 23.1. The number of rotatable bonds is 4. The maximum atomic E-state index is 10.3. The maximum Gasteiger partial charge on any atom is 0.107 e. The molecule has 0 aliphatic heterocycles. The first-order chi connectivity index (χ1) is 16.3. The van der Waals surface area contributed by atoms with Crippen LogP contribution < -0.4 is 0 Å². The van der Waals surface area contributed by atoms with E-state index < -0.39 is 0 Å². The molecule has 2 N–H and O–H groups in total. The highest BCUT2D eigenvalue weighted by Crippen LogP contribution is 2.68. The van der Waals surface area contributed by atoms with Crippen LogP contribution in [0.3, 0.4) is 0 Å². The molecule has 3 nitrogen and oxygen atoms in total. The molecule has 0 radical (unpaired) electrons. The number of aliphatic hydroxyl groups is 1. The third-order valence-corrected chi connectivity index (χ3v) is 11.9. The summed E-state index contributed by atoms with van der Waals surface area (Å²) in [5.41, 5.74) is 4.62. The molecule has 186 valence electrons. The Morgan fingerprint density at radius 3 is 2.68 bits per heavy atom. The third-order valence-electron chi connectivity index (χ3n) is 11.9. The smallest absolute Gasteiger partial charge is 0.107 e. The van der Waals surface area contributed by atoms with Crippen LogP contribution in [0.15, 0.2) is 18.2 Å². The van der Waals surface area contributed by atoms with Crippen molar-refractivity contribution in [1.29, 1.82) is 0 Å². The molecule has 1 aromatic heterocycles. The number of fused-ring (bicyclic) bond motifs is 6.